The fourth-order valence-corrected chi connectivity index (χ4v) is 1.90. The topological polar surface area (TPSA) is 38.8 Å². The number of carbonyl (C=O) groups excluding carboxylic acids is 1. The highest BCUT2D eigenvalue weighted by Crippen LogP contribution is 2.19. The fourth-order valence-electron chi connectivity index (χ4n) is 1.90. The van der Waals surface area contributed by atoms with E-state index >= 15 is 0 Å². The Morgan fingerprint density at radius 3 is 2.68 bits per heavy atom. The number of aryl methyl sites for hydroxylation is 1. The molecule has 0 N–H and O–H groups in total. The third kappa shape index (κ3) is 5.30. The average molecular weight is 265 g/mol. The number of esters is 1. The summed E-state index contributed by atoms with van der Waals surface area (Å²) in [6.07, 6.45) is 0.420. The molecule has 0 bridgehead atoms. The molecule has 1 aromatic rings. The SMILES string of the molecule is CCOc1ccc(CN(C)CCC(=O)OC)cc1C. The third-order valence-corrected chi connectivity index (χ3v) is 2.92. The summed E-state index contributed by atoms with van der Waals surface area (Å²) < 4.78 is 10.1. The van der Waals surface area contributed by atoms with Crippen LogP contribution in [0.2, 0.25) is 0 Å². The van der Waals surface area contributed by atoms with Crippen molar-refractivity contribution in [2.45, 2.75) is 26.8 Å². The maximum atomic E-state index is 11.1. The summed E-state index contributed by atoms with van der Waals surface area (Å²) in [6, 6.07) is 6.19. The molecule has 0 radical (unpaired) electrons. The van der Waals surface area contributed by atoms with Crippen molar-refractivity contribution in [2.75, 3.05) is 27.3 Å². The van der Waals surface area contributed by atoms with E-state index in [4.69, 9.17) is 4.74 Å². The summed E-state index contributed by atoms with van der Waals surface area (Å²) in [5.74, 6) is 0.762. The van der Waals surface area contributed by atoms with E-state index < -0.39 is 0 Å². The van der Waals surface area contributed by atoms with Gasteiger partial charge in [-0.3, -0.25) is 4.79 Å². The van der Waals surface area contributed by atoms with E-state index in [-0.39, 0.29) is 5.97 Å². The van der Waals surface area contributed by atoms with E-state index in [9.17, 15) is 4.79 Å². The van der Waals surface area contributed by atoms with Crippen molar-refractivity contribution in [1.29, 1.82) is 0 Å². The molecule has 1 rings (SSSR count). The smallest absolute Gasteiger partial charge is 0.306 e. The van der Waals surface area contributed by atoms with Crippen molar-refractivity contribution in [1.82, 2.24) is 4.90 Å². The van der Waals surface area contributed by atoms with Crippen LogP contribution in [0, 0.1) is 6.92 Å². The Hall–Kier alpha value is -1.55. The van der Waals surface area contributed by atoms with Gasteiger partial charge >= 0.3 is 5.97 Å². The zero-order valence-corrected chi connectivity index (χ0v) is 12.2. The minimum atomic E-state index is -0.172. The van der Waals surface area contributed by atoms with Gasteiger partial charge in [0.15, 0.2) is 0 Å². The first-order chi connectivity index (χ1) is 9.06. The van der Waals surface area contributed by atoms with Crippen molar-refractivity contribution < 1.29 is 14.3 Å². The lowest BCUT2D eigenvalue weighted by Gasteiger charge is -2.17. The van der Waals surface area contributed by atoms with E-state index in [1.54, 1.807) is 0 Å². The van der Waals surface area contributed by atoms with Crippen LogP contribution in [-0.4, -0.2) is 38.2 Å². The molecule has 0 aliphatic carbocycles. The standard InChI is InChI=1S/C15H23NO3/c1-5-19-14-7-6-13(10-12(14)2)11-16(3)9-8-15(17)18-4/h6-7,10H,5,8-9,11H2,1-4H3. The minimum absolute atomic E-state index is 0.172. The number of ether oxygens (including phenoxy) is 2. The van der Waals surface area contributed by atoms with Gasteiger partial charge in [0.05, 0.1) is 20.1 Å². The third-order valence-electron chi connectivity index (χ3n) is 2.92. The molecule has 0 aliphatic heterocycles. The largest absolute Gasteiger partial charge is 0.494 e. The van der Waals surface area contributed by atoms with Crippen LogP contribution >= 0.6 is 0 Å². The Balaban J connectivity index is 2.52. The first kappa shape index (κ1) is 15.5. The molecule has 0 saturated carbocycles. The Kier molecular flexibility index (Phi) is 6.36. The van der Waals surface area contributed by atoms with Gasteiger partial charge in [0, 0.05) is 13.1 Å². The second-order valence-corrected chi connectivity index (χ2v) is 4.60. The Morgan fingerprint density at radius 1 is 1.37 bits per heavy atom. The molecule has 0 unspecified atom stereocenters. The van der Waals surface area contributed by atoms with Crippen LogP contribution in [0.1, 0.15) is 24.5 Å². The van der Waals surface area contributed by atoms with Gasteiger partial charge in [-0.1, -0.05) is 12.1 Å². The van der Waals surface area contributed by atoms with E-state index in [0.29, 0.717) is 19.6 Å². The number of rotatable bonds is 7. The number of nitrogens with zero attached hydrogens (tertiary/aromatic N) is 1. The summed E-state index contributed by atoms with van der Waals surface area (Å²) in [5, 5.41) is 0. The van der Waals surface area contributed by atoms with Crippen LogP contribution in [0.3, 0.4) is 0 Å². The molecule has 0 aromatic heterocycles. The van der Waals surface area contributed by atoms with Gasteiger partial charge in [0.2, 0.25) is 0 Å². The first-order valence-corrected chi connectivity index (χ1v) is 6.54. The molecule has 19 heavy (non-hydrogen) atoms. The maximum Gasteiger partial charge on any atom is 0.306 e. The number of carbonyl (C=O) groups is 1. The molecule has 0 spiro atoms. The van der Waals surface area contributed by atoms with Gasteiger partial charge in [0.1, 0.15) is 5.75 Å². The van der Waals surface area contributed by atoms with E-state index in [1.807, 2.05) is 27.0 Å². The molecule has 0 atom stereocenters. The predicted octanol–water partition coefficient (Wildman–Crippen LogP) is 2.39. The van der Waals surface area contributed by atoms with Crippen molar-refractivity contribution in [3.05, 3.63) is 29.3 Å². The monoisotopic (exact) mass is 265 g/mol. The molecule has 4 heteroatoms. The molecule has 0 heterocycles. The van der Waals surface area contributed by atoms with Crippen molar-refractivity contribution in [2.24, 2.45) is 0 Å². The Morgan fingerprint density at radius 2 is 2.11 bits per heavy atom. The summed E-state index contributed by atoms with van der Waals surface area (Å²) in [4.78, 5) is 13.2. The quantitative estimate of drug-likeness (QED) is 0.710. The van der Waals surface area contributed by atoms with Crippen LogP contribution < -0.4 is 4.74 Å². The number of methoxy groups -OCH3 is 1. The lowest BCUT2D eigenvalue weighted by atomic mass is 10.1. The summed E-state index contributed by atoms with van der Waals surface area (Å²) in [7, 11) is 3.41. The van der Waals surface area contributed by atoms with Crippen molar-refractivity contribution in [3.8, 4) is 5.75 Å². The summed E-state index contributed by atoms with van der Waals surface area (Å²) in [6.45, 7) is 6.21. The Bertz CT molecular complexity index is 418. The highest BCUT2D eigenvalue weighted by molar-refractivity contribution is 5.69. The second kappa shape index (κ2) is 7.79. The van der Waals surface area contributed by atoms with E-state index in [0.717, 1.165) is 17.9 Å². The highest BCUT2D eigenvalue weighted by Gasteiger charge is 2.06. The molecular formula is C15H23NO3. The summed E-state index contributed by atoms with van der Waals surface area (Å²) >= 11 is 0. The first-order valence-electron chi connectivity index (χ1n) is 6.54. The van der Waals surface area contributed by atoms with Gasteiger partial charge < -0.3 is 14.4 Å². The predicted molar refractivity (Wildman–Crippen MR) is 75.3 cm³/mol. The van der Waals surface area contributed by atoms with Crippen LogP contribution in [0.25, 0.3) is 0 Å². The average Bonchev–Trinajstić information content (AvgIpc) is 2.39. The van der Waals surface area contributed by atoms with Gasteiger partial charge in [0.25, 0.3) is 0 Å². The van der Waals surface area contributed by atoms with Gasteiger partial charge in [-0.15, -0.1) is 0 Å². The van der Waals surface area contributed by atoms with Crippen LogP contribution in [0.4, 0.5) is 0 Å². The van der Waals surface area contributed by atoms with Gasteiger partial charge in [-0.2, -0.15) is 0 Å². The molecule has 106 valence electrons. The maximum absolute atomic E-state index is 11.1. The van der Waals surface area contributed by atoms with Crippen molar-refractivity contribution >= 4 is 5.97 Å². The molecule has 1 aromatic carbocycles. The lowest BCUT2D eigenvalue weighted by Crippen LogP contribution is -2.21. The molecule has 0 fully saturated rings. The van der Waals surface area contributed by atoms with Crippen LogP contribution in [0.5, 0.6) is 5.75 Å². The van der Waals surface area contributed by atoms with Gasteiger partial charge in [-0.25, -0.2) is 0 Å². The second-order valence-electron chi connectivity index (χ2n) is 4.60. The van der Waals surface area contributed by atoms with E-state index in [2.05, 4.69) is 21.8 Å². The summed E-state index contributed by atoms with van der Waals surface area (Å²) in [5.41, 5.74) is 2.36. The zero-order chi connectivity index (χ0) is 14.3. The lowest BCUT2D eigenvalue weighted by molar-refractivity contribution is -0.140. The van der Waals surface area contributed by atoms with Gasteiger partial charge in [-0.05, 0) is 38.1 Å². The molecule has 0 amide bonds. The number of hydrogen-bond donors (Lipinski definition) is 0. The Labute approximate surface area is 115 Å². The fraction of sp³-hybridized carbons (Fsp3) is 0.533. The normalized spacial score (nSPS) is 10.6. The van der Waals surface area contributed by atoms with Crippen LogP contribution in [-0.2, 0) is 16.1 Å². The molecule has 0 saturated heterocycles. The number of benzene rings is 1. The van der Waals surface area contributed by atoms with Crippen molar-refractivity contribution in [3.63, 3.8) is 0 Å². The molecule has 4 nitrogen and oxygen atoms in total. The number of hydrogen-bond acceptors (Lipinski definition) is 4. The molecular weight excluding hydrogens is 242 g/mol. The highest BCUT2D eigenvalue weighted by atomic mass is 16.5. The van der Waals surface area contributed by atoms with Crippen LogP contribution in [0.15, 0.2) is 18.2 Å². The zero-order valence-electron chi connectivity index (χ0n) is 12.2. The van der Waals surface area contributed by atoms with E-state index in [1.165, 1.54) is 12.7 Å². The minimum Gasteiger partial charge on any atom is -0.494 e. The molecule has 0 aliphatic rings.